The van der Waals surface area contributed by atoms with Crippen LogP contribution < -0.4 is 5.73 Å². The third-order valence-electron chi connectivity index (χ3n) is 1.21. The van der Waals surface area contributed by atoms with Gasteiger partial charge in [0.1, 0.15) is 0 Å². The van der Waals surface area contributed by atoms with Gasteiger partial charge in [-0.15, -0.1) is 11.3 Å². The summed E-state index contributed by atoms with van der Waals surface area (Å²) < 4.78 is 35.9. The fourth-order valence-electron chi connectivity index (χ4n) is 0.628. The highest BCUT2D eigenvalue weighted by atomic mass is 32.1. The number of nitrogens with zero attached hydrogens (tertiary/aromatic N) is 1. The first-order valence-corrected chi connectivity index (χ1v) is 4.01. The van der Waals surface area contributed by atoms with E-state index >= 15 is 0 Å². The van der Waals surface area contributed by atoms with Gasteiger partial charge in [0.15, 0.2) is 5.01 Å². The predicted octanol–water partition coefficient (Wildman–Crippen LogP) is 2.18. The molecule has 1 atom stereocenters. The van der Waals surface area contributed by atoms with Gasteiger partial charge in [0.2, 0.25) is 0 Å². The Kier molecular flexibility index (Phi) is 2.39. The number of hydrogen-bond acceptors (Lipinski definition) is 3. The molecule has 6 heteroatoms. The van der Waals surface area contributed by atoms with Crippen LogP contribution in [0.3, 0.4) is 0 Å². The van der Waals surface area contributed by atoms with Crippen LogP contribution in [0.15, 0.2) is 6.20 Å². The van der Waals surface area contributed by atoms with Crippen LogP contribution >= 0.6 is 11.3 Å². The molecule has 2 nitrogen and oxygen atoms in total. The van der Waals surface area contributed by atoms with Gasteiger partial charge in [-0.05, 0) is 6.92 Å². The first-order chi connectivity index (χ1) is 5.41. The van der Waals surface area contributed by atoms with E-state index in [4.69, 9.17) is 5.73 Å². The van der Waals surface area contributed by atoms with Gasteiger partial charge >= 0.3 is 6.18 Å². The lowest BCUT2D eigenvalue weighted by Gasteiger charge is -2.00. The molecular weight excluding hydrogens is 189 g/mol. The zero-order chi connectivity index (χ0) is 9.35. The second kappa shape index (κ2) is 3.02. The number of aromatic nitrogens is 1. The van der Waals surface area contributed by atoms with Crippen molar-refractivity contribution >= 4 is 11.3 Å². The molecule has 0 amide bonds. The quantitative estimate of drug-likeness (QED) is 0.747. The summed E-state index contributed by atoms with van der Waals surface area (Å²) in [6, 6.07) is -0.390. The van der Waals surface area contributed by atoms with Gasteiger partial charge in [-0.3, -0.25) is 0 Å². The van der Waals surface area contributed by atoms with E-state index < -0.39 is 17.2 Å². The Bertz CT molecular complexity index is 266. The van der Waals surface area contributed by atoms with Crippen LogP contribution in [-0.2, 0) is 6.18 Å². The third-order valence-corrected chi connectivity index (χ3v) is 2.46. The number of nitrogens with two attached hydrogens (primary N) is 1. The van der Waals surface area contributed by atoms with Gasteiger partial charge in [0.25, 0.3) is 0 Å². The fraction of sp³-hybridized carbons (Fsp3) is 0.500. The lowest BCUT2D eigenvalue weighted by molar-refractivity contribution is -0.137. The van der Waals surface area contributed by atoms with Gasteiger partial charge < -0.3 is 5.73 Å². The first-order valence-electron chi connectivity index (χ1n) is 3.20. The molecule has 68 valence electrons. The van der Waals surface area contributed by atoms with E-state index in [1.54, 1.807) is 6.92 Å². The minimum Gasteiger partial charge on any atom is -0.323 e. The Morgan fingerprint density at radius 1 is 1.58 bits per heavy atom. The molecule has 0 spiro atoms. The number of hydrogen-bond donors (Lipinski definition) is 1. The average Bonchev–Trinajstić information content (AvgIpc) is 2.30. The predicted molar refractivity (Wildman–Crippen MR) is 39.7 cm³/mol. The molecule has 0 radical (unpaired) electrons. The summed E-state index contributed by atoms with van der Waals surface area (Å²) in [4.78, 5) is 3.67. The summed E-state index contributed by atoms with van der Waals surface area (Å²) in [5, 5.41) is -0.838. The maximum Gasteiger partial charge on any atom is 0.443 e. The van der Waals surface area contributed by atoms with Crippen molar-refractivity contribution in [3.8, 4) is 0 Å². The topological polar surface area (TPSA) is 38.9 Å². The molecule has 0 aliphatic rings. The second-order valence-corrected chi connectivity index (χ2v) is 3.42. The molecule has 1 heterocycles. The van der Waals surface area contributed by atoms with Crippen molar-refractivity contribution in [2.45, 2.75) is 19.1 Å². The molecule has 0 unspecified atom stereocenters. The highest BCUT2D eigenvalue weighted by Crippen LogP contribution is 2.33. The van der Waals surface area contributed by atoms with Crippen molar-refractivity contribution in [1.29, 1.82) is 0 Å². The molecule has 0 bridgehead atoms. The van der Waals surface area contributed by atoms with E-state index in [1.165, 1.54) is 0 Å². The van der Waals surface area contributed by atoms with Crippen molar-refractivity contribution in [1.82, 2.24) is 4.98 Å². The second-order valence-electron chi connectivity index (χ2n) is 2.35. The standard InChI is InChI=1S/C6H7F3N2S/c1-3(10)4-2-11-5(12-4)6(7,8)9/h2-3H,10H2,1H3/t3-/m1/s1. The summed E-state index contributed by atoms with van der Waals surface area (Å²) in [6.45, 7) is 1.62. The lowest BCUT2D eigenvalue weighted by atomic mass is 10.3. The highest BCUT2D eigenvalue weighted by Gasteiger charge is 2.34. The van der Waals surface area contributed by atoms with E-state index in [1.807, 2.05) is 0 Å². The van der Waals surface area contributed by atoms with Crippen LogP contribution in [0.2, 0.25) is 0 Å². The average molecular weight is 196 g/mol. The molecular formula is C6H7F3N2S. The van der Waals surface area contributed by atoms with Crippen molar-refractivity contribution in [3.05, 3.63) is 16.1 Å². The Morgan fingerprint density at radius 2 is 2.17 bits per heavy atom. The molecule has 2 N–H and O–H groups in total. The zero-order valence-electron chi connectivity index (χ0n) is 6.22. The SMILES string of the molecule is C[C@@H](N)c1cnc(C(F)(F)F)s1. The highest BCUT2D eigenvalue weighted by molar-refractivity contribution is 7.11. The van der Waals surface area contributed by atoms with Crippen LogP contribution in [0.4, 0.5) is 13.2 Å². The molecule has 0 aromatic carbocycles. The molecule has 0 saturated heterocycles. The number of rotatable bonds is 1. The van der Waals surface area contributed by atoms with Crippen molar-refractivity contribution < 1.29 is 13.2 Å². The molecule has 0 aliphatic carbocycles. The first kappa shape index (κ1) is 9.47. The molecule has 0 aliphatic heterocycles. The molecule has 1 aromatic rings. The smallest absolute Gasteiger partial charge is 0.323 e. The normalized spacial score (nSPS) is 14.8. The Hall–Kier alpha value is -0.620. The third kappa shape index (κ3) is 1.95. The number of thiazole rings is 1. The summed E-state index contributed by atoms with van der Waals surface area (Å²) in [5.41, 5.74) is 5.37. The van der Waals surface area contributed by atoms with Crippen molar-refractivity contribution in [2.75, 3.05) is 0 Å². The van der Waals surface area contributed by atoms with Crippen molar-refractivity contribution in [3.63, 3.8) is 0 Å². The van der Waals surface area contributed by atoms with Crippen LogP contribution in [0.1, 0.15) is 22.9 Å². The summed E-state index contributed by atoms with van der Waals surface area (Å²) >= 11 is 0.587. The Labute approximate surface area is 71.2 Å². The molecule has 0 fully saturated rings. The van der Waals surface area contributed by atoms with E-state index in [0.29, 0.717) is 16.2 Å². The largest absolute Gasteiger partial charge is 0.443 e. The van der Waals surface area contributed by atoms with E-state index in [-0.39, 0.29) is 0 Å². The van der Waals surface area contributed by atoms with Gasteiger partial charge in [-0.25, -0.2) is 4.98 Å². The molecule has 1 aromatic heterocycles. The Morgan fingerprint density at radius 3 is 2.42 bits per heavy atom. The number of alkyl halides is 3. The maximum atomic E-state index is 12.0. The van der Waals surface area contributed by atoms with Gasteiger partial charge in [0, 0.05) is 17.1 Å². The van der Waals surface area contributed by atoms with Gasteiger partial charge in [-0.2, -0.15) is 13.2 Å². The zero-order valence-corrected chi connectivity index (χ0v) is 7.04. The van der Waals surface area contributed by atoms with Crippen molar-refractivity contribution in [2.24, 2.45) is 5.73 Å². The fourth-order valence-corrected chi connectivity index (χ4v) is 1.36. The summed E-state index contributed by atoms with van der Waals surface area (Å²) in [6.07, 6.45) is -3.18. The van der Waals surface area contributed by atoms with Gasteiger partial charge in [-0.1, -0.05) is 0 Å². The summed E-state index contributed by atoms with van der Waals surface area (Å²) in [7, 11) is 0. The molecule has 1 rings (SSSR count). The van der Waals surface area contributed by atoms with E-state index in [2.05, 4.69) is 4.98 Å². The van der Waals surface area contributed by atoms with E-state index in [9.17, 15) is 13.2 Å². The monoisotopic (exact) mass is 196 g/mol. The lowest BCUT2D eigenvalue weighted by Crippen LogP contribution is -2.03. The Balaban J connectivity index is 2.92. The van der Waals surface area contributed by atoms with E-state index in [0.717, 1.165) is 6.20 Å². The molecule has 0 saturated carbocycles. The van der Waals surface area contributed by atoms with Crippen LogP contribution in [0, 0.1) is 0 Å². The minimum atomic E-state index is -4.35. The molecule has 12 heavy (non-hydrogen) atoms. The minimum absolute atomic E-state index is 0.390. The van der Waals surface area contributed by atoms with Gasteiger partial charge in [0.05, 0.1) is 0 Å². The number of halogens is 3. The maximum absolute atomic E-state index is 12.0. The van der Waals surface area contributed by atoms with Crippen LogP contribution in [0.5, 0.6) is 0 Å². The summed E-state index contributed by atoms with van der Waals surface area (Å²) in [5.74, 6) is 0. The van der Waals surface area contributed by atoms with Crippen LogP contribution in [0.25, 0.3) is 0 Å². The van der Waals surface area contributed by atoms with Crippen LogP contribution in [-0.4, -0.2) is 4.98 Å².